The molecular formula is C18H27N5O3S. The predicted molar refractivity (Wildman–Crippen MR) is 104 cm³/mol. The first kappa shape index (κ1) is 18.5. The van der Waals surface area contributed by atoms with Gasteiger partial charge in [0.2, 0.25) is 5.91 Å². The van der Waals surface area contributed by atoms with Gasteiger partial charge in [0.05, 0.1) is 35.0 Å². The smallest absolute Gasteiger partial charge is 0.243 e. The normalized spacial score (nSPS) is 25.2. The Morgan fingerprint density at radius 1 is 1.22 bits per heavy atom. The van der Waals surface area contributed by atoms with E-state index in [0.717, 1.165) is 55.8 Å². The molecule has 27 heavy (non-hydrogen) atoms. The molecule has 1 N–H and O–H groups in total. The maximum Gasteiger partial charge on any atom is 0.243 e. The molecule has 1 amide bonds. The minimum Gasteiger partial charge on any atom is -0.356 e. The van der Waals surface area contributed by atoms with Crippen molar-refractivity contribution in [3.05, 3.63) is 11.3 Å². The first-order valence-corrected chi connectivity index (χ1v) is 11.6. The number of sulfone groups is 1. The van der Waals surface area contributed by atoms with E-state index in [0.29, 0.717) is 6.42 Å². The third kappa shape index (κ3) is 4.02. The zero-order chi connectivity index (χ0) is 19.0. The third-order valence-corrected chi connectivity index (χ3v) is 7.38. The lowest BCUT2D eigenvalue weighted by Crippen LogP contribution is -2.33. The van der Waals surface area contributed by atoms with Crippen LogP contribution in [-0.4, -0.2) is 54.9 Å². The van der Waals surface area contributed by atoms with Crippen molar-refractivity contribution in [3.63, 3.8) is 0 Å². The lowest BCUT2D eigenvalue weighted by Gasteiger charge is -2.30. The van der Waals surface area contributed by atoms with Crippen molar-refractivity contribution in [2.24, 2.45) is 11.0 Å². The number of amides is 1. The van der Waals surface area contributed by atoms with Crippen LogP contribution in [0.5, 0.6) is 0 Å². The Kier molecular flexibility index (Phi) is 4.96. The van der Waals surface area contributed by atoms with Gasteiger partial charge in [-0.15, -0.1) is 0 Å². The molecule has 3 aliphatic rings. The monoisotopic (exact) mass is 393 g/mol. The van der Waals surface area contributed by atoms with E-state index in [-0.39, 0.29) is 29.4 Å². The fraction of sp³-hybridized carbons (Fsp3) is 0.722. The zero-order valence-corrected chi connectivity index (χ0v) is 16.5. The first-order valence-electron chi connectivity index (χ1n) is 9.82. The zero-order valence-electron chi connectivity index (χ0n) is 15.7. The van der Waals surface area contributed by atoms with Crippen molar-refractivity contribution in [2.75, 3.05) is 29.5 Å². The van der Waals surface area contributed by atoms with Crippen molar-refractivity contribution in [2.45, 2.75) is 51.5 Å². The highest BCUT2D eigenvalue weighted by Gasteiger charge is 2.34. The van der Waals surface area contributed by atoms with Crippen LogP contribution in [0.3, 0.4) is 0 Å². The molecule has 1 atom stereocenters. The summed E-state index contributed by atoms with van der Waals surface area (Å²) in [5, 5.41) is 8.85. The molecule has 1 aliphatic carbocycles. The van der Waals surface area contributed by atoms with Gasteiger partial charge >= 0.3 is 0 Å². The van der Waals surface area contributed by atoms with Gasteiger partial charge in [0.1, 0.15) is 5.82 Å². The molecule has 0 radical (unpaired) electrons. The van der Waals surface area contributed by atoms with E-state index in [1.165, 1.54) is 6.42 Å². The van der Waals surface area contributed by atoms with Crippen molar-refractivity contribution >= 4 is 27.8 Å². The second-order valence-corrected chi connectivity index (χ2v) is 10.1. The van der Waals surface area contributed by atoms with E-state index in [9.17, 15) is 13.2 Å². The highest BCUT2D eigenvalue weighted by atomic mass is 32.2. The highest BCUT2D eigenvalue weighted by Crippen LogP contribution is 2.33. The topological polar surface area (TPSA) is 96.7 Å². The van der Waals surface area contributed by atoms with E-state index in [1.807, 2.05) is 11.6 Å². The van der Waals surface area contributed by atoms with Crippen molar-refractivity contribution in [1.29, 1.82) is 0 Å². The van der Waals surface area contributed by atoms with Crippen LogP contribution < -0.4 is 10.3 Å². The van der Waals surface area contributed by atoms with Gasteiger partial charge in [-0.1, -0.05) is 0 Å². The van der Waals surface area contributed by atoms with Crippen molar-refractivity contribution < 1.29 is 13.2 Å². The maximum absolute atomic E-state index is 12.0. The van der Waals surface area contributed by atoms with E-state index < -0.39 is 9.84 Å². The summed E-state index contributed by atoms with van der Waals surface area (Å²) in [7, 11) is -3.00. The number of rotatable bonds is 5. The Morgan fingerprint density at radius 2 is 1.96 bits per heavy atom. The van der Waals surface area contributed by atoms with Crippen LogP contribution >= 0.6 is 0 Å². The van der Waals surface area contributed by atoms with Crippen molar-refractivity contribution in [1.82, 2.24) is 15.2 Å². The second kappa shape index (κ2) is 7.26. The van der Waals surface area contributed by atoms with Crippen LogP contribution in [0.1, 0.15) is 55.8 Å². The van der Waals surface area contributed by atoms with Crippen LogP contribution in [0.4, 0.5) is 5.82 Å². The average molecular weight is 394 g/mol. The van der Waals surface area contributed by atoms with Crippen LogP contribution in [0.2, 0.25) is 0 Å². The fourth-order valence-corrected chi connectivity index (χ4v) is 5.63. The average Bonchev–Trinajstić information content (AvgIpc) is 3.36. The van der Waals surface area contributed by atoms with E-state index >= 15 is 0 Å². The molecule has 3 heterocycles. The number of hydrazone groups is 1. The maximum atomic E-state index is 12.0. The molecule has 0 spiro atoms. The number of nitrogens with zero attached hydrogens (tertiary/aromatic N) is 4. The quantitative estimate of drug-likeness (QED) is 0.602. The Labute approximate surface area is 159 Å². The Morgan fingerprint density at radius 3 is 2.59 bits per heavy atom. The molecule has 2 saturated heterocycles. The molecule has 3 fully saturated rings. The van der Waals surface area contributed by atoms with Gasteiger partial charge in [-0.2, -0.15) is 10.2 Å². The molecular weight excluding hydrogens is 366 g/mol. The summed E-state index contributed by atoms with van der Waals surface area (Å²) in [6, 6.07) is -0.131. The lowest BCUT2D eigenvalue weighted by molar-refractivity contribution is -0.122. The molecule has 1 aromatic heterocycles. The summed E-state index contributed by atoms with van der Waals surface area (Å²) < 4.78 is 25.9. The molecule has 4 rings (SSSR count). The summed E-state index contributed by atoms with van der Waals surface area (Å²) in [5.74, 6) is 1.38. The number of hydrogen-bond donors (Lipinski definition) is 1. The number of carbonyl (C=O) groups excluding carboxylic acids is 1. The van der Waals surface area contributed by atoms with Crippen LogP contribution in [0.25, 0.3) is 0 Å². The number of hydrogen-bond acceptors (Lipinski definition) is 6. The minimum atomic E-state index is -3.00. The summed E-state index contributed by atoms with van der Waals surface area (Å²) in [5.41, 5.74) is 4.30. The lowest BCUT2D eigenvalue weighted by atomic mass is 10.1. The van der Waals surface area contributed by atoms with Crippen molar-refractivity contribution in [3.8, 4) is 0 Å². The van der Waals surface area contributed by atoms with Gasteiger partial charge in [0.25, 0.3) is 0 Å². The second-order valence-electron chi connectivity index (χ2n) is 7.88. The van der Waals surface area contributed by atoms with E-state index in [2.05, 4.69) is 20.5 Å². The van der Waals surface area contributed by atoms with Crippen LogP contribution in [0, 0.1) is 12.8 Å². The van der Waals surface area contributed by atoms with Gasteiger partial charge in [0.15, 0.2) is 9.84 Å². The Bertz CT molecular complexity index is 851. The summed E-state index contributed by atoms with van der Waals surface area (Å²) >= 11 is 0. The van der Waals surface area contributed by atoms with Gasteiger partial charge in [-0.05, 0) is 45.4 Å². The highest BCUT2D eigenvalue weighted by molar-refractivity contribution is 7.91. The van der Waals surface area contributed by atoms with E-state index in [1.54, 1.807) is 6.21 Å². The molecule has 0 unspecified atom stereocenters. The predicted octanol–water partition coefficient (Wildman–Crippen LogP) is 1.40. The van der Waals surface area contributed by atoms with Gasteiger partial charge < -0.3 is 4.90 Å². The number of aryl methyl sites for hydroxylation is 1. The number of anilines is 1. The van der Waals surface area contributed by atoms with Crippen LogP contribution in [-0.2, 0) is 14.6 Å². The Balaban J connectivity index is 1.64. The molecule has 148 valence electrons. The third-order valence-electron chi connectivity index (χ3n) is 5.63. The Hall–Kier alpha value is -1.90. The summed E-state index contributed by atoms with van der Waals surface area (Å²) in [4.78, 5) is 14.1. The molecule has 0 bridgehead atoms. The summed E-state index contributed by atoms with van der Waals surface area (Å²) in [6.07, 6.45) is 7.58. The van der Waals surface area contributed by atoms with Gasteiger partial charge in [-0.3, -0.25) is 4.79 Å². The van der Waals surface area contributed by atoms with Crippen LogP contribution in [0.15, 0.2) is 5.10 Å². The molecule has 1 saturated carbocycles. The van der Waals surface area contributed by atoms with E-state index in [4.69, 9.17) is 0 Å². The fourth-order valence-electron chi connectivity index (χ4n) is 3.94. The number of carbonyl (C=O) groups is 1. The van der Waals surface area contributed by atoms with Gasteiger partial charge in [0, 0.05) is 19.0 Å². The van der Waals surface area contributed by atoms with Gasteiger partial charge in [-0.25, -0.2) is 18.5 Å². The SMILES string of the molecule is Cc1nn([C@H]2CCS(=O)(=O)C2)c(N2CCCCC2)c1/C=N\NC(=O)C1CC1. The molecule has 2 aliphatic heterocycles. The minimum absolute atomic E-state index is 0.0299. The number of piperidine rings is 1. The largest absolute Gasteiger partial charge is 0.356 e. The first-order chi connectivity index (χ1) is 12.9. The molecule has 1 aromatic rings. The number of nitrogens with one attached hydrogen (secondary N) is 1. The molecule has 9 heteroatoms. The molecule has 8 nitrogen and oxygen atoms in total. The standard InChI is InChI=1S/C18H27N5O3S/c1-13-16(11-19-20-17(24)14-5-6-14)18(22-8-3-2-4-9-22)23(21-13)15-7-10-27(25,26)12-15/h11,14-15H,2-10,12H2,1H3,(H,20,24)/b19-11-/t15-/m0/s1. The molecule has 0 aromatic carbocycles. The number of aromatic nitrogens is 2. The summed E-state index contributed by atoms with van der Waals surface area (Å²) in [6.45, 7) is 3.78.